The van der Waals surface area contributed by atoms with Crippen LogP contribution >= 0.6 is 0 Å². The SMILES string of the molecule is C=COC(=O)c1ccc(O)cc1C(=O)O. The van der Waals surface area contributed by atoms with Gasteiger partial charge in [-0.3, -0.25) is 0 Å². The largest absolute Gasteiger partial charge is 0.508 e. The minimum atomic E-state index is -1.32. The van der Waals surface area contributed by atoms with Gasteiger partial charge in [-0.25, -0.2) is 9.59 Å². The molecule has 1 rings (SSSR count). The van der Waals surface area contributed by atoms with Crippen LogP contribution in [0.5, 0.6) is 5.75 Å². The summed E-state index contributed by atoms with van der Waals surface area (Å²) in [6.45, 7) is 3.18. The van der Waals surface area contributed by atoms with Crippen LogP contribution in [0.15, 0.2) is 31.0 Å². The van der Waals surface area contributed by atoms with Crippen LogP contribution in [-0.2, 0) is 4.74 Å². The first kappa shape index (κ1) is 10.8. The van der Waals surface area contributed by atoms with Crippen LogP contribution in [-0.4, -0.2) is 22.2 Å². The van der Waals surface area contributed by atoms with Gasteiger partial charge in [-0.05, 0) is 18.2 Å². The number of rotatable bonds is 3. The quantitative estimate of drug-likeness (QED) is 0.579. The molecule has 0 amide bonds. The molecule has 5 nitrogen and oxygen atoms in total. The molecule has 15 heavy (non-hydrogen) atoms. The summed E-state index contributed by atoms with van der Waals surface area (Å²) in [5.41, 5.74) is -0.456. The Morgan fingerprint density at radius 3 is 2.53 bits per heavy atom. The summed E-state index contributed by atoms with van der Waals surface area (Å²) < 4.78 is 4.44. The normalized spacial score (nSPS) is 9.33. The van der Waals surface area contributed by atoms with Gasteiger partial charge in [-0.2, -0.15) is 0 Å². The molecule has 0 aromatic heterocycles. The van der Waals surface area contributed by atoms with Gasteiger partial charge in [0.15, 0.2) is 0 Å². The zero-order chi connectivity index (χ0) is 11.4. The summed E-state index contributed by atoms with van der Waals surface area (Å²) in [7, 11) is 0. The van der Waals surface area contributed by atoms with Gasteiger partial charge in [0.1, 0.15) is 5.75 Å². The number of hydrogen-bond donors (Lipinski definition) is 2. The maximum atomic E-state index is 11.2. The predicted molar refractivity (Wildman–Crippen MR) is 50.7 cm³/mol. The van der Waals surface area contributed by atoms with Gasteiger partial charge in [0.2, 0.25) is 0 Å². The molecule has 0 bridgehead atoms. The van der Waals surface area contributed by atoms with Gasteiger partial charge in [0.25, 0.3) is 0 Å². The Kier molecular flexibility index (Phi) is 3.07. The smallest absolute Gasteiger partial charge is 0.343 e. The van der Waals surface area contributed by atoms with Gasteiger partial charge in [0, 0.05) is 0 Å². The van der Waals surface area contributed by atoms with E-state index in [-0.39, 0.29) is 16.9 Å². The Hall–Kier alpha value is -2.30. The molecule has 0 atom stereocenters. The number of benzene rings is 1. The molecule has 0 saturated heterocycles. The highest BCUT2D eigenvalue weighted by Gasteiger charge is 2.17. The Morgan fingerprint density at radius 2 is 2.00 bits per heavy atom. The number of ether oxygens (including phenoxy) is 1. The minimum absolute atomic E-state index is 0.139. The van der Waals surface area contributed by atoms with Crippen LogP contribution in [0.1, 0.15) is 20.7 Å². The van der Waals surface area contributed by atoms with Crippen molar-refractivity contribution in [3.8, 4) is 5.75 Å². The van der Waals surface area contributed by atoms with Crippen LogP contribution in [0.3, 0.4) is 0 Å². The van der Waals surface area contributed by atoms with Crippen molar-refractivity contribution in [3.63, 3.8) is 0 Å². The van der Waals surface area contributed by atoms with E-state index in [9.17, 15) is 9.59 Å². The van der Waals surface area contributed by atoms with E-state index in [0.29, 0.717) is 0 Å². The Bertz CT molecular complexity index is 422. The topological polar surface area (TPSA) is 83.8 Å². The van der Waals surface area contributed by atoms with Crippen molar-refractivity contribution < 1.29 is 24.5 Å². The average molecular weight is 208 g/mol. The second-order valence-corrected chi connectivity index (χ2v) is 2.61. The second-order valence-electron chi connectivity index (χ2n) is 2.61. The molecule has 0 spiro atoms. The van der Waals surface area contributed by atoms with E-state index in [1.807, 2.05) is 0 Å². The third-order valence-electron chi connectivity index (χ3n) is 1.64. The van der Waals surface area contributed by atoms with Crippen LogP contribution in [0.25, 0.3) is 0 Å². The summed E-state index contributed by atoms with van der Waals surface area (Å²) in [5, 5.41) is 17.8. The molecule has 1 aromatic carbocycles. The van der Waals surface area contributed by atoms with Crippen molar-refractivity contribution in [3.05, 3.63) is 42.2 Å². The fourth-order valence-electron chi connectivity index (χ4n) is 1.03. The molecule has 0 unspecified atom stereocenters. The highest BCUT2D eigenvalue weighted by Crippen LogP contribution is 2.17. The number of carboxylic acid groups (broad SMARTS) is 1. The van der Waals surface area contributed by atoms with Crippen molar-refractivity contribution in [1.82, 2.24) is 0 Å². The summed E-state index contributed by atoms with van der Waals surface area (Å²) in [4.78, 5) is 22.0. The lowest BCUT2D eigenvalue weighted by Gasteiger charge is -2.03. The number of aromatic hydroxyl groups is 1. The first-order valence-electron chi connectivity index (χ1n) is 3.94. The van der Waals surface area contributed by atoms with Gasteiger partial charge in [-0.1, -0.05) is 6.58 Å². The van der Waals surface area contributed by atoms with E-state index in [1.54, 1.807) is 0 Å². The number of carboxylic acids is 1. The van der Waals surface area contributed by atoms with Crippen LogP contribution in [0, 0.1) is 0 Å². The molecule has 5 heteroatoms. The van der Waals surface area contributed by atoms with E-state index in [0.717, 1.165) is 12.3 Å². The Morgan fingerprint density at radius 1 is 1.33 bits per heavy atom. The van der Waals surface area contributed by atoms with Crippen molar-refractivity contribution >= 4 is 11.9 Å². The minimum Gasteiger partial charge on any atom is -0.508 e. The van der Waals surface area contributed by atoms with Crippen molar-refractivity contribution in [2.45, 2.75) is 0 Å². The number of esters is 1. The van der Waals surface area contributed by atoms with E-state index >= 15 is 0 Å². The molecule has 0 aliphatic carbocycles. The highest BCUT2D eigenvalue weighted by atomic mass is 16.5. The summed E-state index contributed by atoms with van der Waals surface area (Å²) in [5.74, 6) is -2.38. The predicted octanol–water partition coefficient (Wildman–Crippen LogP) is 1.39. The maximum absolute atomic E-state index is 11.2. The fraction of sp³-hybridized carbons (Fsp3) is 0. The third kappa shape index (κ3) is 2.34. The Balaban J connectivity index is 3.22. The first-order valence-corrected chi connectivity index (χ1v) is 3.94. The van der Waals surface area contributed by atoms with Gasteiger partial charge in [-0.15, -0.1) is 0 Å². The van der Waals surface area contributed by atoms with Crippen LogP contribution in [0.2, 0.25) is 0 Å². The van der Waals surface area contributed by atoms with Crippen molar-refractivity contribution in [2.24, 2.45) is 0 Å². The van der Waals surface area contributed by atoms with Gasteiger partial charge in [0.05, 0.1) is 17.4 Å². The number of carbonyl (C=O) groups is 2. The zero-order valence-corrected chi connectivity index (χ0v) is 7.64. The molecule has 0 radical (unpaired) electrons. The Labute approximate surface area is 85.2 Å². The molecule has 78 valence electrons. The molecule has 0 fully saturated rings. The van der Waals surface area contributed by atoms with Crippen molar-refractivity contribution in [1.29, 1.82) is 0 Å². The lowest BCUT2D eigenvalue weighted by molar-refractivity contribution is 0.0632. The molecular formula is C10H8O5. The zero-order valence-electron chi connectivity index (χ0n) is 7.64. The number of phenolic OH excluding ortho intramolecular Hbond substituents is 1. The second kappa shape index (κ2) is 4.28. The highest BCUT2D eigenvalue weighted by molar-refractivity contribution is 6.02. The number of carbonyl (C=O) groups excluding carboxylic acids is 1. The summed E-state index contributed by atoms with van der Waals surface area (Å²) >= 11 is 0. The molecule has 0 saturated carbocycles. The van der Waals surface area contributed by atoms with Crippen LogP contribution in [0.4, 0.5) is 0 Å². The summed E-state index contributed by atoms with van der Waals surface area (Å²) in [6.07, 6.45) is 0.904. The van der Waals surface area contributed by atoms with E-state index in [1.165, 1.54) is 12.1 Å². The maximum Gasteiger partial charge on any atom is 0.343 e. The number of aromatic carboxylic acids is 1. The lowest BCUT2D eigenvalue weighted by atomic mass is 10.1. The molecular weight excluding hydrogens is 200 g/mol. The number of phenols is 1. The fourth-order valence-corrected chi connectivity index (χ4v) is 1.03. The van der Waals surface area contributed by atoms with Crippen molar-refractivity contribution in [2.75, 3.05) is 0 Å². The molecule has 0 aliphatic rings. The lowest BCUT2D eigenvalue weighted by Crippen LogP contribution is -2.09. The first-order chi connectivity index (χ1) is 7.06. The standard InChI is InChI=1S/C10H8O5/c1-2-15-10(14)7-4-3-6(11)5-8(7)9(12)13/h2-5,11H,1H2,(H,12,13). The molecule has 2 N–H and O–H groups in total. The van der Waals surface area contributed by atoms with Crippen LogP contribution < -0.4 is 0 Å². The summed E-state index contributed by atoms with van der Waals surface area (Å²) in [6, 6.07) is 3.35. The van der Waals surface area contributed by atoms with Gasteiger partial charge < -0.3 is 14.9 Å². The molecule has 0 aliphatic heterocycles. The third-order valence-corrected chi connectivity index (χ3v) is 1.64. The monoisotopic (exact) mass is 208 g/mol. The van der Waals surface area contributed by atoms with Gasteiger partial charge >= 0.3 is 11.9 Å². The van der Waals surface area contributed by atoms with E-state index in [2.05, 4.69) is 11.3 Å². The number of hydrogen-bond acceptors (Lipinski definition) is 4. The van der Waals surface area contributed by atoms with E-state index in [4.69, 9.17) is 10.2 Å². The average Bonchev–Trinajstić information content (AvgIpc) is 2.17. The van der Waals surface area contributed by atoms with E-state index < -0.39 is 11.9 Å². The molecule has 1 aromatic rings. The molecule has 0 heterocycles.